The molecule has 4 unspecified atom stereocenters. The highest BCUT2D eigenvalue weighted by Crippen LogP contribution is 2.04. The Morgan fingerprint density at radius 2 is 1.50 bits per heavy atom. The number of hydrogen-bond acceptors (Lipinski definition) is 7. The van der Waals surface area contributed by atoms with Crippen molar-refractivity contribution < 1.29 is 29.4 Å². The van der Waals surface area contributed by atoms with E-state index in [1.165, 1.54) is 6.92 Å². The zero-order valence-corrected chi connectivity index (χ0v) is 15.6. The summed E-state index contributed by atoms with van der Waals surface area (Å²) < 4.78 is 0. The van der Waals surface area contributed by atoms with E-state index in [1.807, 2.05) is 0 Å². The molecule has 0 fully saturated rings. The second-order valence-corrected chi connectivity index (χ2v) is 6.16. The molecule has 13 nitrogen and oxygen atoms in total. The van der Waals surface area contributed by atoms with Crippen LogP contribution in [-0.4, -0.2) is 70.6 Å². The van der Waals surface area contributed by atoms with Crippen LogP contribution in [0.2, 0.25) is 0 Å². The van der Waals surface area contributed by atoms with Crippen molar-refractivity contribution >= 4 is 29.6 Å². The van der Waals surface area contributed by atoms with Gasteiger partial charge < -0.3 is 43.8 Å². The van der Waals surface area contributed by atoms with Gasteiger partial charge in [0.15, 0.2) is 12.1 Å². The van der Waals surface area contributed by atoms with Crippen molar-refractivity contribution in [3.63, 3.8) is 0 Å². The second-order valence-electron chi connectivity index (χ2n) is 6.16. The van der Waals surface area contributed by atoms with Crippen LogP contribution in [0.15, 0.2) is 4.99 Å². The zero-order chi connectivity index (χ0) is 21.9. The molecule has 0 aromatic carbocycles. The third-order valence-electron chi connectivity index (χ3n) is 3.64. The quantitative estimate of drug-likeness (QED) is 0.0842. The van der Waals surface area contributed by atoms with Crippen molar-refractivity contribution in [1.82, 2.24) is 10.6 Å². The molecule has 0 rings (SSSR count). The minimum absolute atomic E-state index is 0.0577. The molecule has 0 saturated carbocycles. The number of amides is 4. The van der Waals surface area contributed by atoms with E-state index in [4.69, 9.17) is 22.9 Å². The molecular formula is C15H29N7O6. The van der Waals surface area contributed by atoms with Gasteiger partial charge in [-0.25, -0.2) is 0 Å². The molecule has 0 heterocycles. The molecule has 13 heteroatoms. The summed E-state index contributed by atoms with van der Waals surface area (Å²) in [6.07, 6.45) is -3.07. The highest BCUT2D eigenvalue weighted by Gasteiger charge is 2.29. The Bertz CT molecular complexity index is 591. The normalized spacial score (nSPS) is 14.8. The minimum atomic E-state index is -1.75. The van der Waals surface area contributed by atoms with E-state index in [1.54, 1.807) is 0 Å². The zero-order valence-electron chi connectivity index (χ0n) is 15.6. The maximum absolute atomic E-state index is 12.5. The smallest absolute Gasteiger partial charge is 0.252 e. The lowest BCUT2D eigenvalue weighted by molar-refractivity contribution is -0.138. The van der Waals surface area contributed by atoms with Gasteiger partial charge in [0.1, 0.15) is 12.1 Å². The predicted molar refractivity (Wildman–Crippen MR) is 99.1 cm³/mol. The minimum Gasteiger partial charge on any atom is -0.390 e. The first-order valence-corrected chi connectivity index (χ1v) is 8.55. The largest absolute Gasteiger partial charge is 0.390 e. The number of primary amides is 2. The number of carbonyl (C=O) groups is 4. The number of nitrogens with two attached hydrogens (primary N) is 4. The molecule has 0 aliphatic carbocycles. The van der Waals surface area contributed by atoms with Crippen LogP contribution in [0.3, 0.4) is 0 Å². The Kier molecular flexibility index (Phi) is 11.2. The topological polar surface area (TPSA) is 249 Å². The summed E-state index contributed by atoms with van der Waals surface area (Å²) in [6.45, 7) is 1.37. The second kappa shape index (κ2) is 12.5. The molecule has 0 aliphatic heterocycles. The molecular weight excluding hydrogens is 374 g/mol. The Hall–Kier alpha value is -2.93. The van der Waals surface area contributed by atoms with Gasteiger partial charge in [-0.1, -0.05) is 0 Å². The van der Waals surface area contributed by atoms with E-state index in [9.17, 15) is 29.4 Å². The van der Waals surface area contributed by atoms with Crippen LogP contribution in [0.4, 0.5) is 0 Å². The standard InChI is InChI=1S/C15H29N7O6/c1-7(23)11(25)14(28)22-9(3-2-6-20-15(18)19)13(27)21-8(12(17)26)4-5-10(16)24/h7-9,11,23,25H,2-6H2,1H3,(H2,16,24)(H2,17,26)(H,21,27)(H,22,28)(H4,18,19,20). The summed E-state index contributed by atoms with van der Waals surface area (Å²) in [7, 11) is 0. The van der Waals surface area contributed by atoms with Crippen LogP contribution in [0, 0.1) is 0 Å². The summed E-state index contributed by atoms with van der Waals surface area (Å²) >= 11 is 0. The van der Waals surface area contributed by atoms with E-state index < -0.39 is 47.9 Å². The van der Waals surface area contributed by atoms with Crippen LogP contribution in [0.25, 0.3) is 0 Å². The van der Waals surface area contributed by atoms with E-state index in [0.29, 0.717) is 0 Å². The van der Waals surface area contributed by atoms with Gasteiger partial charge in [-0.3, -0.25) is 24.2 Å². The first-order chi connectivity index (χ1) is 13.0. The van der Waals surface area contributed by atoms with Crippen LogP contribution in [0.1, 0.15) is 32.6 Å². The van der Waals surface area contributed by atoms with Gasteiger partial charge in [0, 0.05) is 13.0 Å². The van der Waals surface area contributed by atoms with E-state index >= 15 is 0 Å². The summed E-state index contributed by atoms with van der Waals surface area (Å²) in [5, 5.41) is 23.5. The summed E-state index contributed by atoms with van der Waals surface area (Å²) in [5.74, 6) is -3.46. The van der Waals surface area contributed by atoms with Crippen molar-refractivity contribution in [3.8, 4) is 0 Å². The Balaban J connectivity index is 5.13. The SMILES string of the molecule is CC(O)C(O)C(=O)NC(CCCN=C(N)N)C(=O)NC(CCC(N)=O)C(N)=O. The Labute approximate surface area is 161 Å². The van der Waals surface area contributed by atoms with E-state index in [2.05, 4.69) is 15.6 Å². The number of nitrogens with one attached hydrogen (secondary N) is 2. The average molecular weight is 403 g/mol. The maximum atomic E-state index is 12.5. The fourth-order valence-electron chi connectivity index (χ4n) is 2.09. The lowest BCUT2D eigenvalue weighted by Crippen LogP contribution is -2.55. The summed E-state index contributed by atoms with van der Waals surface area (Å²) in [5.41, 5.74) is 20.6. The number of hydrogen-bond donors (Lipinski definition) is 8. The number of aliphatic hydroxyl groups excluding tert-OH is 2. The van der Waals surface area contributed by atoms with Crippen LogP contribution < -0.4 is 33.6 Å². The highest BCUT2D eigenvalue weighted by atomic mass is 16.3. The molecule has 0 aromatic heterocycles. The monoisotopic (exact) mass is 403 g/mol. The average Bonchev–Trinajstić information content (AvgIpc) is 2.59. The third-order valence-corrected chi connectivity index (χ3v) is 3.64. The van der Waals surface area contributed by atoms with Crippen LogP contribution >= 0.6 is 0 Å². The van der Waals surface area contributed by atoms with Gasteiger partial charge >= 0.3 is 0 Å². The number of nitrogens with zero attached hydrogens (tertiary/aromatic N) is 1. The van der Waals surface area contributed by atoms with Gasteiger partial charge in [-0.05, 0) is 26.2 Å². The molecule has 0 bridgehead atoms. The molecule has 4 amide bonds. The number of carbonyl (C=O) groups excluding carboxylic acids is 4. The predicted octanol–water partition coefficient (Wildman–Crippen LogP) is -4.50. The van der Waals surface area contributed by atoms with Gasteiger partial charge in [-0.15, -0.1) is 0 Å². The lowest BCUT2D eigenvalue weighted by Gasteiger charge is -2.23. The van der Waals surface area contributed by atoms with Crippen molar-refractivity contribution in [2.45, 2.75) is 56.9 Å². The molecule has 0 aliphatic rings. The van der Waals surface area contributed by atoms with Crippen molar-refractivity contribution in [2.24, 2.45) is 27.9 Å². The molecule has 160 valence electrons. The first-order valence-electron chi connectivity index (χ1n) is 8.55. The van der Waals surface area contributed by atoms with E-state index in [0.717, 1.165) is 0 Å². The molecule has 12 N–H and O–H groups in total. The first kappa shape index (κ1) is 25.1. The van der Waals surface area contributed by atoms with Gasteiger partial charge in [0.25, 0.3) is 5.91 Å². The Morgan fingerprint density at radius 3 is 1.96 bits per heavy atom. The number of guanidine groups is 1. The van der Waals surface area contributed by atoms with Crippen molar-refractivity contribution in [3.05, 3.63) is 0 Å². The Morgan fingerprint density at radius 1 is 0.929 bits per heavy atom. The van der Waals surface area contributed by atoms with Crippen LogP contribution in [-0.2, 0) is 19.2 Å². The van der Waals surface area contributed by atoms with Crippen molar-refractivity contribution in [2.75, 3.05) is 6.54 Å². The van der Waals surface area contributed by atoms with Gasteiger partial charge in [0.05, 0.1) is 6.10 Å². The lowest BCUT2D eigenvalue weighted by atomic mass is 10.1. The molecule has 28 heavy (non-hydrogen) atoms. The summed E-state index contributed by atoms with van der Waals surface area (Å²) in [4.78, 5) is 50.5. The van der Waals surface area contributed by atoms with Gasteiger partial charge in [-0.2, -0.15) is 0 Å². The van der Waals surface area contributed by atoms with Crippen molar-refractivity contribution in [1.29, 1.82) is 0 Å². The maximum Gasteiger partial charge on any atom is 0.252 e. The highest BCUT2D eigenvalue weighted by molar-refractivity contribution is 5.92. The molecule has 0 saturated heterocycles. The number of aliphatic imine (C=N–C) groups is 1. The molecule has 0 aromatic rings. The summed E-state index contributed by atoms with van der Waals surface area (Å²) in [6, 6.07) is -2.36. The number of aliphatic hydroxyl groups is 2. The third kappa shape index (κ3) is 10.3. The fourth-order valence-corrected chi connectivity index (χ4v) is 2.09. The van der Waals surface area contributed by atoms with Gasteiger partial charge in [0.2, 0.25) is 17.7 Å². The van der Waals surface area contributed by atoms with E-state index in [-0.39, 0.29) is 38.2 Å². The molecule has 0 radical (unpaired) electrons. The molecule has 0 spiro atoms. The number of rotatable bonds is 13. The molecule has 4 atom stereocenters. The fraction of sp³-hybridized carbons (Fsp3) is 0.667. The van der Waals surface area contributed by atoms with Crippen LogP contribution in [0.5, 0.6) is 0 Å².